The molecule has 0 aromatic carbocycles. The predicted molar refractivity (Wildman–Crippen MR) is 72.9 cm³/mol. The van der Waals surface area contributed by atoms with Crippen LogP contribution in [0, 0.1) is 0 Å². The first kappa shape index (κ1) is 14.3. The second-order valence-electron chi connectivity index (χ2n) is 5.37. The Morgan fingerprint density at radius 3 is 2.44 bits per heavy atom. The summed E-state index contributed by atoms with van der Waals surface area (Å²) < 4.78 is 11.3. The molecule has 0 amide bonds. The number of rotatable bonds is 8. The quantitative estimate of drug-likeness (QED) is 0.663. The van der Waals surface area contributed by atoms with Gasteiger partial charge in [-0.2, -0.15) is 0 Å². The van der Waals surface area contributed by atoms with Crippen LogP contribution < -0.4 is 5.32 Å². The van der Waals surface area contributed by atoms with Crippen LogP contribution in [-0.2, 0) is 9.47 Å². The third-order valence-electron chi connectivity index (χ3n) is 3.93. The van der Waals surface area contributed by atoms with Gasteiger partial charge in [-0.05, 0) is 32.2 Å². The van der Waals surface area contributed by atoms with E-state index in [1.54, 1.807) is 0 Å². The SMILES string of the molecule is CCN(CCNCC1CCCO1)CC1CCCO1. The highest BCUT2D eigenvalue weighted by Gasteiger charge is 2.18. The smallest absolute Gasteiger partial charge is 0.0702 e. The van der Waals surface area contributed by atoms with Crippen LogP contribution in [0.3, 0.4) is 0 Å². The normalized spacial score (nSPS) is 28.3. The van der Waals surface area contributed by atoms with Crippen molar-refractivity contribution in [1.82, 2.24) is 10.2 Å². The van der Waals surface area contributed by atoms with Crippen molar-refractivity contribution in [2.75, 3.05) is 45.9 Å². The molecular weight excluding hydrogens is 228 g/mol. The van der Waals surface area contributed by atoms with Gasteiger partial charge in [0.05, 0.1) is 12.2 Å². The molecule has 2 aliphatic rings. The fourth-order valence-electron chi connectivity index (χ4n) is 2.76. The van der Waals surface area contributed by atoms with Crippen LogP contribution in [0.25, 0.3) is 0 Å². The largest absolute Gasteiger partial charge is 0.377 e. The minimum Gasteiger partial charge on any atom is -0.377 e. The molecule has 2 fully saturated rings. The van der Waals surface area contributed by atoms with Crippen LogP contribution in [0.1, 0.15) is 32.6 Å². The average Bonchev–Trinajstić information content (AvgIpc) is 3.06. The van der Waals surface area contributed by atoms with E-state index < -0.39 is 0 Å². The zero-order valence-corrected chi connectivity index (χ0v) is 11.7. The molecule has 2 heterocycles. The second-order valence-corrected chi connectivity index (χ2v) is 5.37. The molecule has 2 atom stereocenters. The van der Waals surface area contributed by atoms with E-state index in [0.29, 0.717) is 12.2 Å². The molecule has 1 N–H and O–H groups in total. The van der Waals surface area contributed by atoms with Gasteiger partial charge in [-0.15, -0.1) is 0 Å². The van der Waals surface area contributed by atoms with Crippen molar-refractivity contribution in [1.29, 1.82) is 0 Å². The molecule has 0 bridgehead atoms. The van der Waals surface area contributed by atoms with Crippen molar-refractivity contribution in [3.8, 4) is 0 Å². The van der Waals surface area contributed by atoms with Crippen LogP contribution in [0.4, 0.5) is 0 Å². The van der Waals surface area contributed by atoms with Crippen LogP contribution in [0.2, 0.25) is 0 Å². The summed E-state index contributed by atoms with van der Waals surface area (Å²) in [6.45, 7) is 9.53. The Balaban J connectivity index is 1.52. The summed E-state index contributed by atoms with van der Waals surface area (Å²) in [7, 11) is 0. The average molecular weight is 256 g/mol. The first-order valence-electron chi connectivity index (χ1n) is 7.54. The molecule has 2 aliphatic heterocycles. The van der Waals surface area contributed by atoms with E-state index in [0.717, 1.165) is 45.9 Å². The lowest BCUT2D eigenvalue weighted by Crippen LogP contribution is -2.38. The summed E-state index contributed by atoms with van der Waals surface area (Å²) in [5.41, 5.74) is 0. The standard InChI is InChI=1S/C14H28N2O2/c1-2-16(12-14-6-4-10-18-14)8-7-15-11-13-5-3-9-17-13/h13-15H,2-12H2,1H3. The number of nitrogens with one attached hydrogen (secondary N) is 1. The third kappa shape index (κ3) is 4.84. The molecule has 2 rings (SSSR count). The molecule has 2 unspecified atom stereocenters. The molecular formula is C14H28N2O2. The topological polar surface area (TPSA) is 33.7 Å². The number of hydrogen-bond donors (Lipinski definition) is 1. The Kier molecular flexibility index (Phi) is 6.41. The van der Waals surface area contributed by atoms with Gasteiger partial charge in [-0.25, -0.2) is 0 Å². The van der Waals surface area contributed by atoms with Crippen molar-refractivity contribution in [2.45, 2.75) is 44.8 Å². The molecule has 0 radical (unpaired) electrons. The third-order valence-corrected chi connectivity index (χ3v) is 3.93. The Morgan fingerprint density at radius 2 is 1.83 bits per heavy atom. The van der Waals surface area contributed by atoms with Crippen molar-refractivity contribution >= 4 is 0 Å². The molecule has 0 aromatic rings. The van der Waals surface area contributed by atoms with E-state index in [4.69, 9.17) is 9.47 Å². The lowest BCUT2D eigenvalue weighted by molar-refractivity contribution is 0.0740. The lowest BCUT2D eigenvalue weighted by atomic mass is 10.2. The van der Waals surface area contributed by atoms with Crippen molar-refractivity contribution in [3.05, 3.63) is 0 Å². The van der Waals surface area contributed by atoms with Crippen molar-refractivity contribution in [2.24, 2.45) is 0 Å². The van der Waals surface area contributed by atoms with E-state index in [1.165, 1.54) is 25.7 Å². The maximum atomic E-state index is 5.69. The van der Waals surface area contributed by atoms with Gasteiger partial charge < -0.3 is 14.8 Å². The minimum absolute atomic E-state index is 0.457. The Bertz CT molecular complexity index is 214. The maximum absolute atomic E-state index is 5.69. The fourth-order valence-corrected chi connectivity index (χ4v) is 2.76. The lowest BCUT2D eigenvalue weighted by Gasteiger charge is -2.24. The summed E-state index contributed by atoms with van der Waals surface area (Å²) in [5, 5.41) is 3.51. The maximum Gasteiger partial charge on any atom is 0.0702 e. The van der Waals surface area contributed by atoms with Crippen LogP contribution in [0.15, 0.2) is 0 Å². The Hall–Kier alpha value is -0.160. The van der Waals surface area contributed by atoms with E-state index in [9.17, 15) is 0 Å². The van der Waals surface area contributed by atoms with Crippen molar-refractivity contribution in [3.63, 3.8) is 0 Å². The van der Waals surface area contributed by atoms with Gasteiger partial charge in [0.15, 0.2) is 0 Å². The molecule has 0 spiro atoms. The molecule has 2 saturated heterocycles. The van der Waals surface area contributed by atoms with Gasteiger partial charge in [0.25, 0.3) is 0 Å². The van der Waals surface area contributed by atoms with Gasteiger partial charge >= 0.3 is 0 Å². The highest BCUT2D eigenvalue weighted by Crippen LogP contribution is 2.13. The molecule has 4 heteroatoms. The summed E-state index contributed by atoms with van der Waals surface area (Å²) in [6, 6.07) is 0. The second kappa shape index (κ2) is 8.10. The highest BCUT2D eigenvalue weighted by atomic mass is 16.5. The van der Waals surface area contributed by atoms with Crippen LogP contribution in [0.5, 0.6) is 0 Å². The minimum atomic E-state index is 0.457. The van der Waals surface area contributed by atoms with Crippen LogP contribution in [-0.4, -0.2) is 63.0 Å². The highest BCUT2D eigenvalue weighted by molar-refractivity contribution is 4.72. The predicted octanol–water partition coefficient (Wildman–Crippen LogP) is 1.26. The number of ether oxygens (including phenoxy) is 2. The molecule has 4 nitrogen and oxygen atoms in total. The first-order chi connectivity index (χ1) is 8.88. The number of hydrogen-bond acceptors (Lipinski definition) is 4. The summed E-state index contributed by atoms with van der Waals surface area (Å²) in [6.07, 6.45) is 5.85. The zero-order chi connectivity index (χ0) is 12.6. The van der Waals surface area contributed by atoms with Gasteiger partial charge in [0.1, 0.15) is 0 Å². The zero-order valence-electron chi connectivity index (χ0n) is 11.7. The Morgan fingerprint density at radius 1 is 1.11 bits per heavy atom. The van der Waals surface area contributed by atoms with E-state index in [1.807, 2.05) is 0 Å². The molecule has 0 aromatic heterocycles. The summed E-state index contributed by atoms with van der Waals surface area (Å²) in [5.74, 6) is 0. The fraction of sp³-hybridized carbons (Fsp3) is 1.00. The van der Waals surface area contributed by atoms with E-state index in [-0.39, 0.29) is 0 Å². The number of likely N-dealkylation sites (N-methyl/N-ethyl adjacent to an activating group) is 1. The summed E-state index contributed by atoms with van der Waals surface area (Å²) >= 11 is 0. The van der Waals surface area contributed by atoms with E-state index in [2.05, 4.69) is 17.1 Å². The number of nitrogens with zero attached hydrogens (tertiary/aromatic N) is 1. The Labute approximate surface area is 111 Å². The van der Waals surface area contributed by atoms with Gasteiger partial charge in [0, 0.05) is 39.4 Å². The first-order valence-corrected chi connectivity index (χ1v) is 7.54. The van der Waals surface area contributed by atoms with Gasteiger partial charge in [0.2, 0.25) is 0 Å². The molecule has 0 saturated carbocycles. The monoisotopic (exact) mass is 256 g/mol. The molecule has 18 heavy (non-hydrogen) atoms. The van der Waals surface area contributed by atoms with Gasteiger partial charge in [-0.3, -0.25) is 4.90 Å². The van der Waals surface area contributed by atoms with Crippen molar-refractivity contribution < 1.29 is 9.47 Å². The van der Waals surface area contributed by atoms with Gasteiger partial charge in [-0.1, -0.05) is 6.92 Å². The molecule has 106 valence electrons. The van der Waals surface area contributed by atoms with Crippen LogP contribution >= 0.6 is 0 Å². The van der Waals surface area contributed by atoms with E-state index >= 15 is 0 Å². The molecule has 0 aliphatic carbocycles. The summed E-state index contributed by atoms with van der Waals surface area (Å²) in [4.78, 5) is 2.48.